The van der Waals surface area contributed by atoms with Gasteiger partial charge in [-0.2, -0.15) is 0 Å². The first kappa shape index (κ1) is 22.5. The Kier molecular flexibility index (Phi) is 7.23. The second kappa shape index (κ2) is 10.3. The number of benzene rings is 1. The Balaban J connectivity index is 1.51. The van der Waals surface area contributed by atoms with E-state index in [2.05, 4.69) is 10.2 Å². The summed E-state index contributed by atoms with van der Waals surface area (Å²) in [6.45, 7) is 1.39. The van der Waals surface area contributed by atoms with Gasteiger partial charge in [-0.15, -0.1) is 21.5 Å². The molecule has 1 aromatic carbocycles. The first-order chi connectivity index (χ1) is 15.5. The monoisotopic (exact) mass is 472 g/mol. The number of Topliss-reactive ketones (excluding diaryl/α,β-unsaturated/α-hetero) is 1. The van der Waals surface area contributed by atoms with E-state index in [0.717, 1.165) is 41.5 Å². The molecule has 32 heavy (non-hydrogen) atoms. The van der Waals surface area contributed by atoms with Crippen molar-refractivity contribution in [3.63, 3.8) is 0 Å². The minimum Gasteiger partial charge on any atom is -0.497 e. The summed E-state index contributed by atoms with van der Waals surface area (Å²) in [5.41, 5.74) is 6.16. The topological polar surface area (TPSA) is 109 Å². The molecule has 1 aliphatic rings. The second-order valence-corrected chi connectivity index (χ2v) is 9.51. The van der Waals surface area contributed by atoms with Crippen LogP contribution in [-0.4, -0.2) is 52.0 Å². The van der Waals surface area contributed by atoms with Gasteiger partial charge in [0.15, 0.2) is 16.8 Å². The first-order valence-electron chi connectivity index (χ1n) is 10.3. The van der Waals surface area contributed by atoms with E-state index in [1.54, 1.807) is 19.2 Å². The number of methoxy groups -OCH3 is 1. The van der Waals surface area contributed by atoms with Crippen LogP contribution in [0, 0.1) is 0 Å². The molecule has 8 nitrogen and oxygen atoms in total. The van der Waals surface area contributed by atoms with Crippen LogP contribution in [0.4, 0.5) is 0 Å². The summed E-state index contributed by atoms with van der Waals surface area (Å²) in [7, 11) is 1.63. The van der Waals surface area contributed by atoms with Crippen molar-refractivity contribution in [3.8, 4) is 17.1 Å². The van der Waals surface area contributed by atoms with E-state index < -0.39 is 5.91 Å². The van der Waals surface area contributed by atoms with Crippen molar-refractivity contribution < 1.29 is 19.1 Å². The van der Waals surface area contributed by atoms with Crippen LogP contribution in [0.15, 0.2) is 41.6 Å². The highest BCUT2D eigenvalue weighted by atomic mass is 32.2. The summed E-state index contributed by atoms with van der Waals surface area (Å²) < 4.78 is 13.1. The Labute approximate surface area is 194 Å². The van der Waals surface area contributed by atoms with Crippen molar-refractivity contribution in [1.82, 2.24) is 14.8 Å². The van der Waals surface area contributed by atoms with E-state index in [1.165, 1.54) is 23.1 Å². The third-order valence-corrected chi connectivity index (χ3v) is 7.19. The number of ether oxygens (including phenoxy) is 2. The summed E-state index contributed by atoms with van der Waals surface area (Å²) in [5, 5.41) is 9.45. The molecule has 10 heteroatoms. The molecule has 3 heterocycles. The number of carbonyl (C=O) groups excluding carboxylic acids is 2. The normalized spacial score (nSPS) is 15.7. The molecule has 0 unspecified atom stereocenters. The fourth-order valence-corrected chi connectivity index (χ4v) is 5.38. The summed E-state index contributed by atoms with van der Waals surface area (Å²) in [4.78, 5) is 25.2. The van der Waals surface area contributed by atoms with Gasteiger partial charge >= 0.3 is 0 Å². The van der Waals surface area contributed by atoms with Crippen molar-refractivity contribution in [2.45, 2.75) is 37.1 Å². The van der Waals surface area contributed by atoms with Gasteiger partial charge in [-0.05, 0) is 49.2 Å². The molecule has 0 spiro atoms. The van der Waals surface area contributed by atoms with E-state index in [-0.39, 0.29) is 24.1 Å². The second-order valence-electron chi connectivity index (χ2n) is 7.40. The third kappa shape index (κ3) is 5.37. The van der Waals surface area contributed by atoms with Crippen LogP contribution < -0.4 is 10.5 Å². The Morgan fingerprint density at radius 1 is 1.25 bits per heavy atom. The largest absolute Gasteiger partial charge is 0.497 e. The molecule has 1 amide bonds. The van der Waals surface area contributed by atoms with Gasteiger partial charge in [-0.25, -0.2) is 0 Å². The smallest absolute Gasteiger partial charge is 0.222 e. The molecule has 1 atom stereocenters. The quantitative estimate of drug-likeness (QED) is 0.356. The van der Waals surface area contributed by atoms with Gasteiger partial charge in [0.25, 0.3) is 0 Å². The van der Waals surface area contributed by atoms with Crippen LogP contribution in [0.25, 0.3) is 11.4 Å². The number of primary amides is 1. The number of thioether (sulfide) groups is 1. The predicted molar refractivity (Wildman–Crippen MR) is 123 cm³/mol. The Morgan fingerprint density at radius 2 is 2.06 bits per heavy atom. The van der Waals surface area contributed by atoms with E-state index in [9.17, 15) is 9.59 Å². The molecule has 3 aromatic rings. The number of hydrogen-bond donors (Lipinski definition) is 1. The SMILES string of the molecule is COc1ccc(-c2nnc(SCC(=O)c3ccc(CC(N)=O)s3)n2C[C@@H]2CCCO2)cc1. The molecule has 0 radical (unpaired) electrons. The molecular weight excluding hydrogens is 448 g/mol. The summed E-state index contributed by atoms with van der Waals surface area (Å²) in [6, 6.07) is 11.2. The Morgan fingerprint density at radius 3 is 2.75 bits per heavy atom. The lowest BCUT2D eigenvalue weighted by Gasteiger charge is -2.14. The summed E-state index contributed by atoms with van der Waals surface area (Å²) in [6.07, 6.45) is 2.27. The van der Waals surface area contributed by atoms with E-state index in [4.69, 9.17) is 15.2 Å². The maximum absolute atomic E-state index is 12.7. The molecule has 4 rings (SSSR count). The molecule has 2 N–H and O–H groups in total. The average molecular weight is 473 g/mol. The molecular formula is C22H24N4O4S2. The zero-order valence-electron chi connectivity index (χ0n) is 17.7. The average Bonchev–Trinajstić information content (AvgIpc) is 3.54. The van der Waals surface area contributed by atoms with Gasteiger partial charge in [-0.3, -0.25) is 14.2 Å². The lowest BCUT2D eigenvalue weighted by molar-refractivity contribution is -0.117. The minimum absolute atomic E-state index is 0.0200. The number of ketones is 1. The highest BCUT2D eigenvalue weighted by Crippen LogP contribution is 2.29. The Hall–Kier alpha value is -2.69. The fourth-order valence-electron chi connectivity index (χ4n) is 3.50. The third-order valence-electron chi connectivity index (χ3n) is 5.09. The highest BCUT2D eigenvalue weighted by Gasteiger charge is 2.22. The Bertz CT molecular complexity index is 1090. The van der Waals surface area contributed by atoms with E-state index in [1.807, 2.05) is 28.8 Å². The van der Waals surface area contributed by atoms with Crippen LogP contribution in [0.2, 0.25) is 0 Å². The number of aromatic nitrogens is 3. The van der Waals surface area contributed by atoms with Crippen LogP contribution in [0.1, 0.15) is 27.4 Å². The maximum Gasteiger partial charge on any atom is 0.222 e. The number of rotatable bonds is 10. The predicted octanol–water partition coefficient (Wildman–Crippen LogP) is 3.20. The zero-order chi connectivity index (χ0) is 22.5. The fraction of sp³-hybridized carbons (Fsp3) is 0.364. The number of nitrogens with two attached hydrogens (primary N) is 1. The number of nitrogens with zero attached hydrogens (tertiary/aromatic N) is 3. The van der Waals surface area contributed by atoms with Crippen molar-refractivity contribution in [2.75, 3.05) is 19.5 Å². The van der Waals surface area contributed by atoms with Crippen LogP contribution in [-0.2, 0) is 22.5 Å². The lowest BCUT2D eigenvalue weighted by atomic mass is 10.2. The molecule has 1 aliphatic heterocycles. The number of carbonyl (C=O) groups is 2. The van der Waals surface area contributed by atoms with Crippen molar-refractivity contribution in [3.05, 3.63) is 46.2 Å². The maximum atomic E-state index is 12.7. The summed E-state index contributed by atoms with van der Waals surface area (Å²) >= 11 is 2.66. The number of hydrogen-bond acceptors (Lipinski definition) is 8. The standard InChI is InChI=1S/C22H24N4O4S2/c1-29-15-6-4-14(5-7-15)21-24-25-22(26(21)12-16-3-2-10-30-16)31-13-18(27)19-9-8-17(32-19)11-20(23)28/h4-9,16H,2-3,10-13H2,1H3,(H2,23,28)/t16-/m0/s1. The highest BCUT2D eigenvalue weighted by molar-refractivity contribution is 7.99. The van der Waals surface area contributed by atoms with Crippen LogP contribution in [0.5, 0.6) is 5.75 Å². The zero-order valence-corrected chi connectivity index (χ0v) is 19.3. The molecule has 168 valence electrons. The molecule has 0 saturated carbocycles. The molecule has 2 aromatic heterocycles. The molecule has 1 saturated heterocycles. The molecule has 1 fully saturated rings. The van der Waals surface area contributed by atoms with Crippen LogP contribution in [0.3, 0.4) is 0 Å². The van der Waals surface area contributed by atoms with Crippen LogP contribution >= 0.6 is 23.1 Å². The van der Waals surface area contributed by atoms with E-state index >= 15 is 0 Å². The molecule has 0 aliphatic carbocycles. The summed E-state index contributed by atoms with van der Waals surface area (Å²) in [5.74, 6) is 1.30. The number of amides is 1. The van der Waals surface area contributed by atoms with Gasteiger partial charge in [0.05, 0.1) is 36.8 Å². The van der Waals surface area contributed by atoms with Gasteiger partial charge < -0.3 is 15.2 Å². The van der Waals surface area contributed by atoms with Gasteiger partial charge in [0.1, 0.15) is 5.75 Å². The van der Waals surface area contributed by atoms with Gasteiger partial charge in [0.2, 0.25) is 5.91 Å². The lowest BCUT2D eigenvalue weighted by Crippen LogP contribution is -2.17. The van der Waals surface area contributed by atoms with Gasteiger partial charge in [-0.1, -0.05) is 11.8 Å². The van der Waals surface area contributed by atoms with Gasteiger partial charge in [0, 0.05) is 17.0 Å². The van der Waals surface area contributed by atoms with Crippen molar-refractivity contribution >= 4 is 34.8 Å². The van der Waals surface area contributed by atoms with Crippen molar-refractivity contribution in [2.24, 2.45) is 5.73 Å². The molecule has 0 bridgehead atoms. The number of thiophene rings is 1. The minimum atomic E-state index is -0.409. The van der Waals surface area contributed by atoms with E-state index in [0.29, 0.717) is 16.6 Å². The first-order valence-corrected chi connectivity index (χ1v) is 12.1. The van der Waals surface area contributed by atoms with Crippen molar-refractivity contribution in [1.29, 1.82) is 0 Å².